The van der Waals surface area contributed by atoms with E-state index in [1.165, 1.54) is 4.57 Å². The van der Waals surface area contributed by atoms with Gasteiger partial charge in [0.2, 0.25) is 12.7 Å². The molecule has 0 saturated carbocycles. The fourth-order valence-corrected chi connectivity index (χ4v) is 3.70. The summed E-state index contributed by atoms with van der Waals surface area (Å²) in [6, 6.07) is 14.9. The molecule has 4 aromatic rings. The molecule has 32 heavy (non-hydrogen) atoms. The lowest BCUT2D eigenvalue weighted by Gasteiger charge is -2.17. The van der Waals surface area contributed by atoms with Crippen molar-refractivity contribution in [1.29, 1.82) is 0 Å². The van der Waals surface area contributed by atoms with Gasteiger partial charge in [-0.1, -0.05) is 30.3 Å². The molecule has 0 bridgehead atoms. The third kappa shape index (κ3) is 3.31. The Hall–Kier alpha value is -4.34. The molecule has 0 aliphatic carbocycles. The van der Waals surface area contributed by atoms with Gasteiger partial charge in [-0.15, -0.1) is 0 Å². The lowest BCUT2D eigenvalue weighted by Crippen LogP contribution is -2.29. The molecule has 2 N–H and O–H groups in total. The molecule has 0 radical (unpaired) electrons. The van der Waals surface area contributed by atoms with E-state index in [1.807, 2.05) is 55.5 Å². The summed E-state index contributed by atoms with van der Waals surface area (Å²) in [5.74, 6) is 1.68. The van der Waals surface area contributed by atoms with Crippen LogP contribution < -0.4 is 26.1 Å². The highest BCUT2D eigenvalue weighted by Crippen LogP contribution is 2.32. The summed E-state index contributed by atoms with van der Waals surface area (Å²) in [6.07, 6.45) is 1.61. The lowest BCUT2D eigenvalue weighted by atomic mass is 10.1. The molecular weight excluding hydrogens is 412 g/mol. The van der Waals surface area contributed by atoms with Crippen molar-refractivity contribution in [3.05, 3.63) is 80.5 Å². The van der Waals surface area contributed by atoms with Gasteiger partial charge < -0.3 is 9.47 Å². The summed E-state index contributed by atoms with van der Waals surface area (Å²) in [5, 5.41) is 4.30. The maximum absolute atomic E-state index is 12.7. The van der Waals surface area contributed by atoms with Crippen molar-refractivity contribution in [3.8, 4) is 11.5 Å². The largest absolute Gasteiger partial charge is 0.454 e. The van der Waals surface area contributed by atoms with Gasteiger partial charge in [-0.3, -0.25) is 18.9 Å². The average molecular weight is 432 g/mol. The molecule has 0 saturated heterocycles. The Morgan fingerprint density at radius 2 is 1.94 bits per heavy atom. The van der Waals surface area contributed by atoms with Crippen molar-refractivity contribution < 1.29 is 9.47 Å². The molecule has 5 rings (SSSR count). The van der Waals surface area contributed by atoms with Crippen LogP contribution >= 0.6 is 0 Å². The van der Waals surface area contributed by atoms with Crippen molar-refractivity contribution in [2.45, 2.75) is 13.0 Å². The van der Waals surface area contributed by atoms with E-state index in [0.29, 0.717) is 17.4 Å². The van der Waals surface area contributed by atoms with Crippen LogP contribution in [0, 0.1) is 0 Å². The van der Waals surface area contributed by atoms with Crippen LogP contribution in [0.1, 0.15) is 24.1 Å². The Morgan fingerprint density at radius 1 is 1.16 bits per heavy atom. The molecule has 2 aromatic heterocycles. The van der Waals surface area contributed by atoms with Gasteiger partial charge in [0.15, 0.2) is 22.7 Å². The molecule has 3 heterocycles. The summed E-state index contributed by atoms with van der Waals surface area (Å²) in [6.45, 7) is 2.15. The number of nitrogens with zero attached hydrogens (tertiary/aromatic N) is 4. The van der Waals surface area contributed by atoms with Crippen LogP contribution in [-0.2, 0) is 7.05 Å². The minimum atomic E-state index is -0.532. The first-order chi connectivity index (χ1) is 15.5. The number of rotatable bonds is 5. The van der Waals surface area contributed by atoms with Crippen LogP contribution in [-0.4, -0.2) is 32.1 Å². The zero-order valence-corrected chi connectivity index (χ0v) is 17.4. The molecule has 0 fully saturated rings. The van der Waals surface area contributed by atoms with Gasteiger partial charge >= 0.3 is 5.69 Å². The molecule has 162 valence electrons. The number of fused-ring (bicyclic) bond motifs is 2. The van der Waals surface area contributed by atoms with Crippen molar-refractivity contribution in [3.63, 3.8) is 0 Å². The van der Waals surface area contributed by atoms with Gasteiger partial charge in [-0.05, 0) is 36.2 Å². The molecule has 1 aliphatic rings. The molecule has 1 aliphatic heterocycles. The van der Waals surface area contributed by atoms with Crippen molar-refractivity contribution in [2.24, 2.45) is 12.1 Å². The van der Waals surface area contributed by atoms with Gasteiger partial charge in [0.05, 0.1) is 12.3 Å². The summed E-state index contributed by atoms with van der Waals surface area (Å²) >= 11 is 0. The smallest absolute Gasteiger partial charge is 0.329 e. The molecular formula is C22H20N6O4. The van der Waals surface area contributed by atoms with Crippen LogP contribution in [0.4, 0.5) is 5.95 Å². The maximum atomic E-state index is 12.7. The number of aryl methyl sites for hydroxylation is 1. The second-order valence-electron chi connectivity index (χ2n) is 7.37. The fraction of sp³-hybridized carbons (Fsp3) is 0.182. The number of nitrogens with one attached hydrogen (secondary N) is 2. The summed E-state index contributed by atoms with van der Waals surface area (Å²) in [5.41, 5.74) is 4.20. The minimum absolute atomic E-state index is 0.197. The molecule has 10 heteroatoms. The second-order valence-corrected chi connectivity index (χ2v) is 7.37. The van der Waals surface area contributed by atoms with E-state index in [9.17, 15) is 9.59 Å². The van der Waals surface area contributed by atoms with Crippen LogP contribution in [0.3, 0.4) is 0 Å². The zero-order chi connectivity index (χ0) is 22.2. The topological polar surface area (TPSA) is 116 Å². The van der Waals surface area contributed by atoms with Gasteiger partial charge in [0.25, 0.3) is 5.56 Å². The van der Waals surface area contributed by atoms with E-state index in [4.69, 9.17) is 9.47 Å². The number of imidazole rings is 1. The number of anilines is 1. The Labute approximate surface area is 181 Å². The highest BCUT2D eigenvalue weighted by atomic mass is 16.7. The summed E-state index contributed by atoms with van der Waals surface area (Å²) in [7, 11) is 1.56. The van der Waals surface area contributed by atoms with Crippen LogP contribution in [0.5, 0.6) is 11.5 Å². The van der Waals surface area contributed by atoms with Crippen molar-refractivity contribution in [1.82, 2.24) is 19.1 Å². The molecule has 0 spiro atoms. The van der Waals surface area contributed by atoms with E-state index in [1.54, 1.807) is 17.8 Å². The Bertz CT molecular complexity index is 1450. The fourth-order valence-electron chi connectivity index (χ4n) is 3.70. The highest BCUT2D eigenvalue weighted by Gasteiger charge is 2.22. The monoisotopic (exact) mass is 432 g/mol. The predicted octanol–water partition coefficient (Wildman–Crippen LogP) is 2.21. The lowest BCUT2D eigenvalue weighted by molar-refractivity contribution is 0.174. The number of H-pyrrole nitrogens is 1. The Balaban J connectivity index is 1.57. The van der Waals surface area contributed by atoms with Gasteiger partial charge in [0.1, 0.15) is 0 Å². The van der Waals surface area contributed by atoms with Crippen molar-refractivity contribution in [2.75, 3.05) is 12.2 Å². The third-order valence-corrected chi connectivity index (χ3v) is 5.39. The summed E-state index contributed by atoms with van der Waals surface area (Å²) < 4.78 is 13.7. The van der Waals surface area contributed by atoms with Crippen LogP contribution in [0.2, 0.25) is 0 Å². The number of hydrogen-bond acceptors (Lipinski definition) is 7. The summed E-state index contributed by atoms with van der Waals surface area (Å²) in [4.78, 5) is 31.6. The molecule has 0 amide bonds. The zero-order valence-electron chi connectivity index (χ0n) is 17.4. The highest BCUT2D eigenvalue weighted by molar-refractivity contribution is 5.82. The molecule has 10 nitrogen and oxygen atoms in total. The van der Waals surface area contributed by atoms with E-state index >= 15 is 0 Å². The van der Waals surface area contributed by atoms with E-state index in [0.717, 1.165) is 11.1 Å². The third-order valence-electron chi connectivity index (χ3n) is 5.39. The number of hydrazone groups is 1. The SMILES string of the molecule is CC(c1ccccc1)n1c(NN=Cc2ccc3c(c2)OCO3)nc2c1c(=O)[nH]c(=O)n2C. The van der Waals surface area contributed by atoms with Crippen molar-refractivity contribution >= 4 is 23.3 Å². The minimum Gasteiger partial charge on any atom is -0.454 e. The number of hydrogen-bond donors (Lipinski definition) is 2. The van der Waals surface area contributed by atoms with Gasteiger partial charge in [0, 0.05) is 7.05 Å². The van der Waals surface area contributed by atoms with Gasteiger partial charge in [-0.2, -0.15) is 10.1 Å². The van der Waals surface area contributed by atoms with E-state index in [-0.39, 0.29) is 24.0 Å². The van der Waals surface area contributed by atoms with E-state index in [2.05, 4.69) is 20.5 Å². The number of aromatic amines is 1. The Morgan fingerprint density at radius 3 is 2.75 bits per heavy atom. The maximum Gasteiger partial charge on any atom is 0.329 e. The molecule has 2 aromatic carbocycles. The number of ether oxygens (including phenoxy) is 2. The van der Waals surface area contributed by atoms with Crippen LogP contribution in [0.25, 0.3) is 11.2 Å². The Kier molecular flexibility index (Phi) is 4.74. The standard InChI is InChI=1S/C22H20N6O4/c1-13(15-6-4-3-5-7-15)28-18-19(27(2)22(30)25-20(18)29)24-21(28)26-23-11-14-8-9-16-17(10-14)32-12-31-16/h3-11,13H,12H2,1-2H3,(H,24,26)(H,25,29,30). The van der Waals surface area contributed by atoms with Gasteiger partial charge in [-0.25, -0.2) is 10.2 Å². The predicted molar refractivity (Wildman–Crippen MR) is 120 cm³/mol. The first kappa shape index (κ1) is 19.6. The molecule has 1 atom stereocenters. The first-order valence-corrected chi connectivity index (χ1v) is 9.98. The quantitative estimate of drug-likeness (QED) is 0.369. The number of benzene rings is 2. The second kappa shape index (κ2) is 7.73. The first-order valence-electron chi connectivity index (χ1n) is 9.98. The van der Waals surface area contributed by atoms with E-state index < -0.39 is 11.2 Å². The molecule has 1 unspecified atom stereocenters. The normalized spacial score (nSPS) is 13.7. The number of aromatic nitrogens is 4. The average Bonchev–Trinajstić information content (AvgIpc) is 3.42. The van der Waals surface area contributed by atoms with Crippen LogP contribution in [0.15, 0.2) is 63.2 Å².